The Balaban J connectivity index is 2.63. The molecule has 1 aromatic heterocycles. The molecule has 0 unspecified atom stereocenters. The van der Waals surface area contributed by atoms with Crippen LogP contribution in [-0.4, -0.2) is 34.5 Å². The molecule has 0 radical (unpaired) electrons. The molecule has 0 aliphatic rings. The lowest BCUT2D eigenvalue weighted by molar-refractivity contribution is 0.0449. The van der Waals surface area contributed by atoms with E-state index in [2.05, 4.69) is 18.8 Å². The summed E-state index contributed by atoms with van der Waals surface area (Å²) in [7, 11) is 0. The second-order valence-electron chi connectivity index (χ2n) is 4.88. The zero-order chi connectivity index (χ0) is 15.0. The fraction of sp³-hybridized carbons (Fsp3) is 0.692. The average molecular weight is 286 g/mol. The molecule has 0 aliphatic carbocycles. The van der Waals surface area contributed by atoms with Gasteiger partial charge in [-0.05, 0) is 12.3 Å². The molecule has 0 fully saturated rings. The van der Waals surface area contributed by atoms with Gasteiger partial charge in [0.15, 0.2) is 0 Å². The molecular formula is C13H22N2O5. The third-order valence-corrected chi connectivity index (χ3v) is 2.65. The van der Waals surface area contributed by atoms with Crippen LogP contribution < -0.4 is 11.2 Å². The standard InChI is InChI=1S/C13H22N2O5/c1-10(2)3-5-19-8-11-7-15(9-20-6-4-16)13(18)14-12(11)17/h7,10,16H,3-6,8-9H2,1-2H3,(H,14,17,18). The van der Waals surface area contributed by atoms with Crippen LogP contribution in [0.15, 0.2) is 15.8 Å². The van der Waals surface area contributed by atoms with Gasteiger partial charge in [0.25, 0.3) is 5.56 Å². The van der Waals surface area contributed by atoms with Gasteiger partial charge in [-0.25, -0.2) is 4.79 Å². The maximum Gasteiger partial charge on any atom is 0.330 e. The molecule has 114 valence electrons. The largest absolute Gasteiger partial charge is 0.394 e. The maximum atomic E-state index is 11.6. The Hall–Kier alpha value is -1.44. The van der Waals surface area contributed by atoms with Crippen LogP contribution in [0, 0.1) is 5.92 Å². The van der Waals surface area contributed by atoms with Crippen molar-refractivity contribution in [3.05, 3.63) is 32.6 Å². The second-order valence-corrected chi connectivity index (χ2v) is 4.88. The van der Waals surface area contributed by atoms with Crippen LogP contribution in [0.4, 0.5) is 0 Å². The Morgan fingerprint density at radius 1 is 1.30 bits per heavy atom. The minimum Gasteiger partial charge on any atom is -0.394 e. The van der Waals surface area contributed by atoms with E-state index in [1.54, 1.807) is 0 Å². The minimum absolute atomic E-state index is 0.0187. The molecule has 1 aromatic rings. The molecule has 20 heavy (non-hydrogen) atoms. The van der Waals surface area contributed by atoms with Crippen LogP contribution in [0.2, 0.25) is 0 Å². The number of aliphatic hydroxyl groups excluding tert-OH is 1. The number of aliphatic hydroxyl groups is 1. The monoisotopic (exact) mass is 286 g/mol. The van der Waals surface area contributed by atoms with Crippen molar-refractivity contribution in [1.29, 1.82) is 0 Å². The zero-order valence-corrected chi connectivity index (χ0v) is 11.9. The van der Waals surface area contributed by atoms with Crippen molar-refractivity contribution in [3.8, 4) is 0 Å². The minimum atomic E-state index is -0.543. The van der Waals surface area contributed by atoms with Crippen molar-refractivity contribution in [1.82, 2.24) is 9.55 Å². The number of nitrogens with zero attached hydrogens (tertiary/aromatic N) is 1. The quantitative estimate of drug-likeness (QED) is 0.626. The van der Waals surface area contributed by atoms with E-state index < -0.39 is 11.2 Å². The Morgan fingerprint density at radius 3 is 2.70 bits per heavy atom. The number of hydrogen-bond donors (Lipinski definition) is 2. The molecule has 7 nitrogen and oxygen atoms in total. The molecule has 0 saturated carbocycles. The van der Waals surface area contributed by atoms with E-state index in [9.17, 15) is 9.59 Å². The van der Waals surface area contributed by atoms with Crippen LogP contribution in [0.1, 0.15) is 25.8 Å². The van der Waals surface area contributed by atoms with Crippen LogP contribution in [-0.2, 0) is 22.8 Å². The fourth-order valence-electron chi connectivity index (χ4n) is 1.48. The first-order valence-electron chi connectivity index (χ1n) is 6.63. The summed E-state index contributed by atoms with van der Waals surface area (Å²) in [6.45, 7) is 4.90. The van der Waals surface area contributed by atoms with E-state index >= 15 is 0 Å². The highest BCUT2D eigenvalue weighted by molar-refractivity contribution is 5.02. The average Bonchev–Trinajstić information content (AvgIpc) is 2.38. The van der Waals surface area contributed by atoms with Crippen LogP contribution in [0.5, 0.6) is 0 Å². The topological polar surface area (TPSA) is 93.6 Å². The van der Waals surface area contributed by atoms with Gasteiger partial charge in [-0.15, -0.1) is 0 Å². The van der Waals surface area contributed by atoms with Crippen LogP contribution >= 0.6 is 0 Å². The van der Waals surface area contributed by atoms with Crippen LogP contribution in [0.25, 0.3) is 0 Å². The highest BCUT2D eigenvalue weighted by Crippen LogP contribution is 2.01. The van der Waals surface area contributed by atoms with Crippen molar-refractivity contribution in [2.24, 2.45) is 5.92 Å². The molecule has 7 heteroatoms. The number of aromatic amines is 1. The normalized spacial score (nSPS) is 11.2. The number of ether oxygens (including phenoxy) is 2. The Bertz CT molecular complexity index is 506. The van der Waals surface area contributed by atoms with Crippen molar-refractivity contribution >= 4 is 0 Å². The predicted octanol–water partition coefficient (Wildman–Crippen LogP) is 0.0657. The highest BCUT2D eigenvalue weighted by Gasteiger charge is 2.05. The van der Waals surface area contributed by atoms with E-state index in [1.165, 1.54) is 10.8 Å². The third kappa shape index (κ3) is 5.68. The summed E-state index contributed by atoms with van der Waals surface area (Å²) < 4.78 is 11.7. The van der Waals surface area contributed by atoms with E-state index in [1.807, 2.05) is 0 Å². The van der Waals surface area contributed by atoms with Crippen molar-refractivity contribution in [2.75, 3.05) is 19.8 Å². The molecule has 2 N–H and O–H groups in total. The van der Waals surface area contributed by atoms with Gasteiger partial charge < -0.3 is 14.6 Å². The van der Waals surface area contributed by atoms with Gasteiger partial charge in [-0.2, -0.15) is 0 Å². The third-order valence-electron chi connectivity index (χ3n) is 2.65. The Morgan fingerprint density at radius 2 is 2.05 bits per heavy atom. The summed E-state index contributed by atoms with van der Waals surface area (Å²) in [6, 6.07) is 0. The summed E-state index contributed by atoms with van der Waals surface area (Å²) in [5.74, 6) is 0.536. The highest BCUT2D eigenvalue weighted by atomic mass is 16.5. The first kappa shape index (κ1) is 16.6. The number of H-pyrrole nitrogens is 1. The number of hydrogen-bond acceptors (Lipinski definition) is 5. The molecule has 0 spiro atoms. The van der Waals surface area contributed by atoms with Crippen LogP contribution in [0.3, 0.4) is 0 Å². The Kier molecular flexibility index (Phi) is 7.21. The molecular weight excluding hydrogens is 264 g/mol. The predicted molar refractivity (Wildman–Crippen MR) is 73.5 cm³/mol. The smallest absolute Gasteiger partial charge is 0.330 e. The van der Waals surface area contributed by atoms with Crippen molar-refractivity contribution in [2.45, 2.75) is 33.6 Å². The second kappa shape index (κ2) is 8.68. The molecule has 1 rings (SSSR count). The van der Waals surface area contributed by atoms with E-state index in [-0.39, 0.29) is 26.6 Å². The lowest BCUT2D eigenvalue weighted by atomic mass is 10.1. The number of aromatic nitrogens is 2. The maximum absolute atomic E-state index is 11.6. The van der Waals surface area contributed by atoms with Gasteiger partial charge >= 0.3 is 5.69 Å². The fourth-order valence-corrected chi connectivity index (χ4v) is 1.48. The van der Waals surface area contributed by atoms with Crippen molar-refractivity contribution < 1.29 is 14.6 Å². The van der Waals surface area contributed by atoms with Gasteiger partial charge in [0.05, 0.1) is 25.4 Å². The van der Waals surface area contributed by atoms with Crippen molar-refractivity contribution in [3.63, 3.8) is 0 Å². The number of nitrogens with one attached hydrogen (secondary N) is 1. The van der Waals surface area contributed by atoms with Gasteiger partial charge in [-0.3, -0.25) is 14.3 Å². The molecule has 0 bridgehead atoms. The lowest BCUT2D eigenvalue weighted by Crippen LogP contribution is -2.32. The van der Waals surface area contributed by atoms with E-state index in [0.717, 1.165) is 6.42 Å². The lowest BCUT2D eigenvalue weighted by Gasteiger charge is -2.09. The van der Waals surface area contributed by atoms with Gasteiger partial charge in [0.2, 0.25) is 0 Å². The van der Waals surface area contributed by atoms with Gasteiger partial charge in [-0.1, -0.05) is 13.8 Å². The summed E-state index contributed by atoms with van der Waals surface area (Å²) >= 11 is 0. The first-order valence-corrected chi connectivity index (χ1v) is 6.63. The molecule has 0 saturated heterocycles. The SMILES string of the molecule is CC(C)CCOCc1cn(COCCO)c(=O)[nH]c1=O. The van der Waals surface area contributed by atoms with Gasteiger partial charge in [0, 0.05) is 12.8 Å². The summed E-state index contributed by atoms with van der Waals surface area (Å²) in [5, 5.41) is 8.61. The molecule has 0 atom stereocenters. The number of rotatable bonds is 9. The molecule has 1 heterocycles. The molecule has 0 aliphatic heterocycles. The zero-order valence-electron chi connectivity index (χ0n) is 11.9. The summed E-state index contributed by atoms with van der Waals surface area (Å²) in [6.07, 6.45) is 2.34. The Labute approximate surface area is 117 Å². The summed E-state index contributed by atoms with van der Waals surface area (Å²) in [5.41, 5.74) is -0.613. The first-order chi connectivity index (χ1) is 9.54. The molecule has 0 amide bonds. The van der Waals surface area contributed by atoms with E-state index in [0.29, 0.717) is 18.1 Å². The molecule has 0 aromatic carbocycles. The van der Waals surface area contributed by atoms with Gasteiger partial charge in [0.1, 0.15) is 6.73 Å². The van der Waals surface area contributed by atoms with E-state index in [4.69, 9.17) is 14.6 Å². The summed E-state index contributed by atoms with van der Waals surface area (Å²) in [4.78, 5) is 25.4.